The second kappa shape index (κ2) is 10.8. The summed E-state index contributed by atoms with van der Waals surface area (Å²) in [6.45, 7) is 8.51. The number of nitrogens with zero attached hydrogens (tertiary/aromatic N) is 3. The van der Waals surface area contributed by atoms with E-state index in [1.54, 1.807) is 0 Å². The molecule has 7 heteroatoms. The van der Waals surface area contributed by atoms with Gasteiger partial charge in [-0.3, -0.25) is 4.99 Å². The molecule has 0 aliphatic rings. The monoisotopic (exact) mass is 361 g/mol. The second-order valence-corrected chi connectivity index (χ2v) is 7.24. The quantitative estimate of drug-likeness (QED) is 0.309. The van der Waals surface area contributed by atoms with Gasteiger partial charge in [-0.25, -0.2) is 0 Å². The van der Waals surface area contributed by atoms with E-state index in [0.717, 1.165) is 38.4 Å². The molecular weight excluding hydrogens is 334 g/mol. The molecule has 1 unspecified atom stereocenters. The maximum absolute atomic E-state index is 5.12. The molecule has 0 aliphatic carbocycles. The second-order valence-electron chi connectivity index (χ2n) is 5.73. The molecule has 25 heavy (non-hydrogen) atoms. The van der Waals surface area contributed by atoms with Crippen LogP contribution in [-0.4, -0.2) is 41.0 Å². The van der Waals surface area contributed by atoms with Crippen LogP contribution >= 0.6 is 11.8 Å². The molecule has 1 aromatic carbocycles. The van der Waals surface area contributed by atoms with Gasteiger partial charge in [0.25, 0.3) is 0 Å². The number of aromatic nitrogens is 2. The van der Waals surface area contributed by atoms with Gasteiger partial charge in [-0.15, -0.1) is 11.8 Å². The van der Waals surface area contributed by atoms with E-state index in [1.807, 2.05) is 24.8 Å². The fourth-order valence-electron chi connectivity index (χ4n) is 2.22. The maximum atomic E-state index is 5.12. The van der Waals surface area contributed by atoms with Gasteiger partial charge in [-0.2, -0.15) is 4.98 Å². The van der Waals surface area contributed by atoms with Crippen molar-refractivity contribution >= 4 is 17.7 Å². The molecule has 2 N–H and O–H groups in total. The number of guanidine groups is 1. The van der Waals surface area contributed by atoms with Crippen molar-refractivity contribution in [1.82, 2.24) is 20.8 Å². The molecular formula is C18H27N5OS. The molecule has 0 saturated heterocycles. The molecule has 0 radical (unpaired) electrons. The molecule has 0 aliphatic heterocycles. The van der Waals surface area contributed by atoms with E-state index in [1.165, 1.54) is 4.90 Å². The molecule has 6 nitrogen and oxygen atoms in total. The van der Waals surface area contributed by atoms with Gasteiger partial charge in [0.15, 0.2) is 11.8 Å². The average molecular weight is 362 g/mol. The van der Waals surface area contributed by atoms with E-state index in [2.05, 4.69) is 63.9 Å². The molecule has 0 saturated carbocycles. The lowest BCUT2D eigenvalue weighted by Gasteiger charge is -2.13. The Morgan fingerprint density at radius 1 is 1.28 bits per heavy atom. The van der Waals surface area contributed by atoms with Crippen LogP contribution in [0.1, 0.15) is 32.0 Å². The first-order valence-corrected chi connectivity index (χ1v) is 9.58. The summed E-state index contributed by atoms with van der Waals surface area (Å²) in [6, 6.07) is 10.4. The number of nitrogens with one attached hydrogen (secondary N) is 2. The highest BCUT2D eigenvalue weighted by Gasteiger charge is 2.05. The highest BCUT2D eigenvalue weighted by molar-refractivity contribution is 8.00. The summed E-state index contributed by atoms with van der Waals surface area (Å²) in [7, 11) is 0. The average Bonchev–Trinajstić information content (AvgIpc) is 3.02. The lowest BCUT2D eigenvalue weighted by atomic mass is 10.3. The van der Waals surface area contributed by atoms with Crippen LogP contribution in [0.5, 0.6) is 0 Å². The minimum Gasteiger partial charge on any atom is -0.357 e. The Hall–Kier alpha value is -2.02. The van der Waals surface area contributed by atoms with Crippen LogP contribution in [0.3, 0.4) is 0 Å². The molecule has 1 atom stereocenters. The number of hydrogen-bond donors (Lipinski definition) is 2. The fourth-order valence-corrected chi connectivity index (χ4v) is 3.15. The van der Waals surface area contributed by atoms with Crippen LogP contribution in [0.15, 0.2) is 44.7 Å². The summed E-state index contributed by atoms with van der Waals surface area (Å²) in [6.07, 6.45) is 1.69. The van der Waals surface area contributed by atoms with E-state index in [0.29, 0.717) is 17.0 Å². The standard InChI is InChI=1S/C18H27N5OS/c1-4-19-18(20-12-8-11-17-22-15(3)23-24-17)21-13-14(2)25-16-9-6-5-7-10-16/h5-7,9-10,14H,4,8,11-13H2,1-3H3,(H2,19,20,21). The first-order valence-electron chi connectivity index (χ1n) is 8.70. The molecule has 136 valence electrons. The first-order chi connectivity index (χ1) is 12.2. The van der Waals surface area contributed by atoms with Gasteiger partial charge in [0.2, 0.25) is 5.89 Å². The van der Waals surface area contributed by atoms with E-state index < -0.39 is 0 Å². The number of hydrogen-bond acceptors (Lipinski definition) is 5. The molecule has 2 aromatic rings. The lowest BCUT2D eigenvalue weighted by molar-refractivity contribution is 0.372. The van der Waals surface area contributed by atoms with Gasteiger partial charge < -0.3 is 15.2 Å². The maximum Gasteiger partial charge on any atom is 0.226 e. The van der Waals surface area contributed by atoms with E-state index in [9.17, 15) is 0 Å². The summed E-state index contributed by atoms with van der Waals surface area (Å²) < 4.78 is 5.12. The third-order valence-electron chi connectivity index (χ3n) is 3.36. The fraction of sp³-hybridized carbons (Fsp3) is 0.500. The van der Waals surface area contributed by atoms with E-state index in [-0.39, 0.29) is 0 Å². The van der Waals surface area contributed by atoms with Crippen molar-refractivity contribution in [1.29, 1.82) is 0 Å². The third-order valence-corrected chi connectivity index (χ3v) is 4.46. The van der Waals surface area contributed by atoms with Crippen LogP contribution in [0, 0.1) is 6.92 Å². The molecule has 0 spiro atoms. The largest absolute Gasteiger partial charge is 0.357 e. The predicted octanol–water partition coefficient (Wildman–Crippen LogP) is 3.05. The third kappa shape index (κ3) is 7.60. The summed E-state index contributed by atoms with van der Waals surface area (Å²) in [5.41, 5.74) is 0. The number of aryl methyl sites for hydroxylation is 2. The van der Waals surface area contributed by atoms with Crippen LogP contribution in [0.2, 0.25) is 0 Å². The summed E-state index contributed by atoms with van der Waals surface area (Å²) >= 11 is 1.84. The molecule has 0 amide bonds. The number of aliphatic imine (C=N–C) groups is 1. The minimum atomic E-state index is 0.416. The molecule has 1 aromatic heterocycles. The first kappa shape index (κ1) is 19.3. The highest BCUT2D eigenvalue weighted by atomic mass is 32.2. The number of benzene rings is 1. The van der Waals surface area contributed by atoms with Gasteiger partial charge in [-0.05, 0) is 32.4 Å². The highest BCUT2D eigenvalue weighted by Crippen LogP contribution is 2.22. The zero-order valence-corrected chi connectivity index (χ0v) is 16.0. The molecule has 1 heterocycles. The topological polar surface area (TPSA) is 75.3 Å². The molecule has 0 fully saturated rings. The SMILES string of the molecule is CCNC(=NCC(C)Sc1ccccc1)NCCCc1nc(C)no1. The Kier molecular flexibility index (Phi) is 8.31. The van der Waals surface area contributed by atoms with E-state index in [4.69, 9.17) is 4.52 Å². The Morgan fingerprint density at radius 2 is 2.08 bits per heavy atom. The van der Waals surface area contributed by atoms with Crippen LogP contribution in [0.4, 0.5) is 0 Å². The van der Waals surface area contributed by atoms with Gasteiger partial charge in [0.1, 0.15) is 0 Å². The van der Waals surface area contributed by atoms with Gasteiger partial charge >= 0.3 is 0 Å². The van der Waals surface area contributed by atoms with Gasteiger partial charge in [0, 0.05) is 29.7 Å². The Balaban J connectivity index is 1.73. The van der Waals surface area contributed by atoms with Crippen molar-refractivity contribution in [2.75, 3.05) is 19.6 Å². The van der Waals surface area contributed by atoms with Crippen LogP contribution in [-0.2, 0) is 6.42 Å². The normalized spacial score (nSPS) is 12.8. The zero-order valence-electron chi connectivity index (χ0n) is 15.2. The van der Waals surface area contributed by atoms with Crippen molar-refractivity contribution in [2.45, 2.75) is 43.8 Å². The van der Waals surface area contributed by atoms with Crippen LogP contribution < -0.4 is 10.6 Å². The zero-order chi connectivity index (χ0) is 17.9. The Labute approximate surface area is 153 Å². The minimum absolute atomic E-state index is 0.416. The predicted molar refractivity (Wildman–Crippen MR) is 103 cm³/mol. The van der Waals surface area contributed by atoms with Crippen LogP contribution in [0.25, 0.3) is 0 Å². The van der Waals surface area contributed by atoms with E-state index >= 15 is 0 Å². The summed E-state index contributed by atoms with van der Waals surface area (Å²) in [5, 5.41) is 10.9. The Morgan fingerprint density at radius 3 is 2.76 bits per heavy atom. The molecule has 0 bridgehead atoms. The van der Waals surface area contributed by atoms with Crippen molar-refractivity contribution in [3.05, 3.63) is 42.0 Å². The lowest BCUT2D eigenvalue weighted by Crippen LogP contribution is -2.38. The van der Waals surface area contributed by atoms with Crippen molar-refractivity contribution < 1.29 is 4.52 Å². The number of thioether (sulfide) groups is 1. The van der Waals surface area contributed by atoms with Crippen molar-refractivity contribution in [3.63, 3.8) is 0 Å². The number of rotatable bonds is 9. The smallest absolute Gasteiger partial charge is 0.226 e. The summed E-state index contributed by atoms with van der Waals surface area (Å²) in [4.78, 5) is 10.2. The summed E-state index contributed by atoms with van der Waals surface area (Å²) in [5.74, 6) is 2.22. The Bertz CT molecular complexity index is 644. The molecule has 2 rings (SSSR count). The van der Waals surface area contributed by atoms with Crippen molar-refractivity contribution in [2.24, 2.45) is 4.99 Å². The van der Waals surface area contributed by atoms with Gasteiger partial charge in [-0.1, -0.05) is 30.3 Å². The van der Waals surface area contributed by atoms with Crippen molar-refractivity contribution in [3.8, 4) is 0 Å². The van der Waals surface area contributed by atoms with Gasteiger partial charge in [0.05, 0.1) is 6.54 Å².